The van der Waals surface area contributed by atoms with E-state index >= 15 is 0 Å². The molecule has 0 N–H and O–H groups in total. The summed E-state index contributed by atoms with van der Waals surface area (Å²) in [5, 5.41) is 0. The van der Waals surface area contributed by atoms with Crippen LogP contribution < -0.4 is 0 Å². The molecule has 24 heavy (non-hydrogen) atoms. The number of hydrogen-bond acceptors (Lipinski definition) is 2. The summed E-state index contributed by atoms with van der Waals surface area (Å²) in [5.74, 6) is 0. The topological polar surface area (TPSA) is 30.2 Å². The van der Waals surface area contributed by atoms with E-state index in [-0.39, 0.29) is 18.3 Å². The van der Waals surface area contributed by atoms with Gasteiger partial charge < -0.3 is 4.40 Å². The van der Waals surface area contributed by atoms with E-state index in [0.29, 0.717) is 0 Å². The van der Waals surface area contributed by atoms with Crippen molar-refractivity contribution in [2.24, 2.45) is 0 Å². The fraction of sp³-hybridized carbons (Fsp3) is 0.429. The van der Waals surface area contributed by atoms with Crippen molar-refractivity contribution in [3.8, 4) is 0 Å². The molecule has 0 aliphatic carbocycles. The smallest absolute Gasteiger partial charge is 0.140 e. The molecule has 3 aromatic rings. The van der Waals surface area contributed by atoms with Crippen molar-refractivity contribution in [1.29, 1.82) is 0 Å². The van der Waals surface area contributed by atoms with Crippen LogP contribution in [0.2, 0.25) is 0 Å². The Balaban J connectivity index is 0.000000238. The minimum atomic E-state index is 0. The molecule has 0 bridgehead atoms. The summed E-state index contributed by atoms with van der Waals surface area (Å²) >= 11 is 0. The number of rotatable bonds is 0. The number of fused-ring (bicyclic) bond motifs is 1. The first-order valence-electron chi connectivity index (χ1n) is 8.02. The van der Waals surface area contributed by atoms with Gasteiger partial charge in [-0.2, -0.15) is 0 Å². The number of nitrogens with zero attached hydrogens (tertiary/aromatic N) is 3. The van der Waals surface area contributed by atoms with Gasteiger partial charge in [-0.1, -0.05) is 61.1 Å². The molecule has 0 saturated heterocycles. The van der Waals surface area contributed by atoms with Gasteiger partial charge >= 0.3 is 0 Å². The highest BCUT2D eigenvalue weighted by Crippen LogP contribution is 2.25. The van der Waals surface area contributed by atoms with Crippen LogP contribution in [0.15, 0.2) is 55.2 Å². The molecule has 0 unspecified atom stereocenters. The SMILES string of the molecule is C.CC(C)(C)c1cccn2ccnc12.CC(C)(C)c1cccnc1. The fourth-order valence-electron chi connectivity index (χ4n) is 2.34. The van der Waals surface area contributed by atoms with Crippen LogP contribution in [0.5, 0.6) is 0 Å². The van der Waals surface area contributed by atoms with E-state index in [1.54, 1.807) is 6.20 Å². The molecule has 3 aromatic heterocycles. The van der Waals surface area contributed by atoms with Gasteiger partial charge in [-0.25, -0.2) is 4.98 Å². The van der Waals surface area contributed by atoms with Gasteiger partial charge in [-0.05, 0) is 28.5 Å². The highest BCUT2D eigenvalue weighted by atomic mass is 15.0. The van der Waals surface area contributed by atoms with E-state index in [9.17, 15) is 0 Å². The maximum atomic E-state index is 4.35. The minimum absolute atomic E-state index is 0. The number of pyridine rings is 2. The molecule has 0 aliphatic heterocycles. The number of hydrogen-bond donors (Lipinski definition) is 0. The predicted octanol–water partition coefficient (Wildman–Crippen LogP) is 5.65. The zero-order chi connectivity index (χ0) is 17.1. The van der Waals surface area contributed by atoms with Crippen molar-refractivity contribution in [3.63, 3.8) is 0 Å². The molecule has 0 spiro atoms. The standard InChI is InChI=1S/C11H14N2.C9H13N.CH4/c1-11(2,3)9-5-4-7-13-8-6-12-10(9)13;1-9(2,3)8-5-4-6-10-7-8;/h4-8H,1-3H3;4-7H,1-3H3;1H4. The maximum Gasteiger partial charge on any atom is 0.140 e. The molecular weight excluding hydrogens is 294 g/mol. The Morgan fingerprint density at radius 2 is 1.54 bits per heavy atom. The van der Waals surface area contributed by atoms with E-state index in [4.69, 9.17) is 0 Å². The Bertz CT molecular complexity index is 744. The zero-order valence-electron chi connectivity index (χ0n) is 15.0. The van der Waals surface area contributed by atoms with Crippen molar-refractivity contribution >= 4 is 5.65 Å². The maximum absolute atomic E-state index is 4.35. The second kappa shape index (κ2) is 7.61. The van der Waals surface area contributed by atoms with Crippen LogP contribution in [-0.2, 0) is 10.8 Å². The summed E-state index contributed by atoms with van der Waals surface area (Å²) in [7, 11) is 0. The third-order valence-corrected chi connectivity index (χ3v) is 3.75. The molecule has 0 fully saturated rings. The van der Waals surface area contributed by atoms with Crippen LogP contribution >= 0.6 is 0 Å². The molecule has 0 aliphatic rings. The van der Waals surface area contributed by atoms with Crippen molar-refractivity contribution in [2.75, 3.05) is 0 Å². The van der Waals surface area contributed by atoms with Gasteiger partial charge in [0.1, 0.15) is 5.65 Å². The molecule has 0 aromatic carbocycles. The lowest BCUT2D eigenvalue weighted by Crippen LogP contribution is -2.12. The lowest BCUT2D eigenvalue weighted by Gasteiger charge is -2.19. The molecule has 3 rings (SSSR count). The second-order valence-corrected chi connectivity index (χ2v) is 7.82. The van der Waals surface area contributed by atoms with Crippen LogP contribution in [0.4, 0.5) is 0 Å². The number of imidazole rings is 1. The molecule has 0 atom stereocenters. The van der Waals surface area contributed by atoms with Gasteiger partial charge in [0, 0.05) is 36.5 Å². The van der Waals surface area contributed by atoms with Crippen molar-refractivity contribution in [3.05, 3.63) is 66.4 Å². The van der Waals surface area contributed by atoms with Crippen molar-refractivity contribution in [2.45, 2.75) is 59.8 Å². The summed E-state index contributed by atoms with van der Waals surface area (Å²) < 4.78 is 2.06. The van der Waals surface area contributed by atoms with Crippen LogP contribution in [0, 0.1) is 0 Å². The van der Waals surface area contributed by atoms with Crippen LogP contribution in [-0.4, -0.2) is 14.4 Å². The first-order chi connectivity index (χ1) is 10.7. The van der Waals surface area contributed by atoms with Gasteiger partial charge in [0.15, 0.2) is 0 Å². The molecule has 3 heterocycles. The Hall–Kier alpha value is -2.16. The normalized spacial score (nSPS) is 11.4. The summed E-state index contributed by atoms with van der Waals surface area (Å²) in [6.45, 7) is 13.2. The summed E-state index contributed by atoms with van der Waals surface area (Å²) in [6.07, 6.45) is 9.56. The highest BCUT2D eigenvalue weighted by molar-refractivity contribution is 5.50. The van der Waals surface area contributed by atoms with E-state index in [1.165, 1.54) is 11.1 Å². The Morgan fingerprint density at radius 3 is 2.04 bits per heavy atom. The van der Waals surface area contributed by atoms with Crippen LogP contribution in [0.3, 0.4) is 0 Å². The summed E-state index contributed by atoms with van der Waals surface area (Å²) in [5.41, 5.74) is 4.03. The van der Waals surface area contributed by atoms with Gasteiger partial charge in [0.2, 0.25) is 0 Å². The lowest BCUT2D eigenvalue weighted by atomic mass is 9.88. The van der Waals surface area contributed by atoms with Gasteiger partial charge in [-0.3, -0.25) is 4.98 Å². The fourth-order valence-corrected chi connectivity index (χ4v) is 2.34. The molecule has 0 amide bonds. The second-order valence-electron chi connectivity index (χ2n) is 7.82. The largest absolute Gasteiger partial charge is 0.307 e. The Labute approximate surface area is 146 Å². The van der Waals surface area contributed by atoms with E-state index in [1.807, 2.05) is 30.9 Å². The first kappa shape index (κ1) is 19.9. The molecule has 0 radical (unpaired) electrons. The van der Waals surface area contributed by atoms with Crippen molar-refractivity contribution in [1.82, 2.24) is 14.4 Å². The number of aromatic nitrogens is 3. The van der Waals surface area contributed by atoms with Crippen LogP contribution in [0.25, 0.3) is 5.65 Å². The van der Waals surface area contributed by atoms with Gasteiger partial charge in [0.05, 0.1) is 0 Å². The third kappa shape index (κ3) is 4.92. The quantitative estimate of drug-likeness (QED) is 0.535. The van der Waals surface area contributed by atoms with E-state index in [0.717, 1.165) is 5.65 Å². The average molecular weight is 326 g/mol. The molecule has 130 valence electrons. The molecule has 0 saturated carbocycles. The predicted molar refractivity (Wildman–Crippen MR) is 104 cm³/mol. The van der Waals surface area contributed by atoms with Crippen molar-refractivity contribution < 1.29 is 0 Å². The molecule has 3 heteroatoms. The molecular formula is C21H31N3. The average Bonchev–Trinajstić information content (AvgIpc) is 2.95. The van der Waals surface area contributed by atoms with Crippen LogP contribution in [0.1, 0.15) is 60.1 Å². The van der Waals surface area contributed by atoms with E-state index < -0.39 is 0 Å². The lowest BCUT2D eigenvalue weighted by molar-refractivity contribution is 0.587. The Morgan fingerprint density at radius 1 is 0.833 bits per heavy atom. The highest BCUT2D eigenvalue weighted by Gasteiger charge is 2.17. The summed E-state index contributed by atoms with van der Waals surface area (Å²) in [4.78, 5) is 8.40. The monoisotopic (exact) mass is 325 g/mol. The Kier molecular flexibility index (Phi) is 6.30. The zero-order valence-corrected chi connectivity index (χ0v) is 15.0. The van der Waals surface area contributed by atoms with Gasteiger partial charge in [-0.15, -0.1) is 0 Å². The summed E-state index contributed by atoms with van der Waals surface area (Å²) in [6, 6.07) is 8.28. The first-order valence-corrected chi connectivity index (χ1v) is 8.02. The van der Waals surface area contributed by atoms with Gasteiger partial charge in [0.25, 0.3) is 0 Å². The van der Waals surface area contributed by atoms with E-state index in [2.05, 4.69) is 74.1 Å². The minimum Gasteiger partial charge on any atom is -0.307 e. The third-order valence-electron chi connectivity index (χ3n) is 3.75. The molecule has 3 nitrogen and oxygen atoms in total.